The molecule has 0 aromatic heterocycles. The van der Waals surface area contributed by atoms with Gasteiger partial charge >= 0.3 is 0 Å². The minimum Gasteiger partial charge on any atom is -0.326 e. The summed E-state index contributed by atoms with van der Waals surface area (Å²) in [5.41, 5.74) is 0.576. The topological polar surface area (TPSA) is 75.3 Å². The third-order valence-corrected chi connectivity index (χ3v) is 4.96. The van der Waals surface area contributed by atoms with Crippen LogP contribution in [0.25, 0.3) is 0 Å². The summed E-state index contributed by atoms with van der Waals surface area (Å²) in [5, 5.41) is 2.61. The molecule has 0 saturated heterocycles. The number of carbonyl (C=O) groups excluding carboxylic acids is 1. The molecule has 0 bridgehead atoms. The highest BCUT2D eigenvalue weighted by Crippen LogP contribution is 2.15. The monoisotopic (exact) mass is 418 g/mol. The summed E-state index contributed by atoms with van der Waals surface area (Å²) in [5.74, 6) is -2.78. The van der Waals surface area contributed by atoms with Crippen molar-refractivity contribution in [2.75, 3.05) is 11.9 Å². The van der Waals surface area contributed by atoms with Crippen LogP contribution >= 0.6 is 15.9 Å². The fourth-order valence-electron chi connectivity index (χ4n) is 1.78. The molecule has 0 saturated carbocycles. The Labute approximate surface area is 146 Å². The van der Waals surface area contributed by atoms with E-state index >= 15 is 0 Å². The van der Waals surface area contributed by atoms with Gasteiger partial charge in [0.15, 0.2) is 11.6 Å². The summed E-state index contributed by atoms with van der Waals surface area (Å²) in [7, 11) is -4.02. The van der Waals surface area contributed by atoms with Gasteiger partial charge in [-0.05, 0) is 42.5 Å². The minimum absolute atomic E-state index is 0.112. The Morgan fingerprint density at radius 3 is 2.33 bits per heavy atom. The Hall–Kier alpha value is -1.84. The van der Waals surface area contributed by atoms with Gasteiger partial charge in [0.25, 0.3) is 0 Å². The molecule has 2 aromatic carbocycles. The van der Waals surface area contributed by atoms with E-state index in [1.807, 2.05) is 0 Å². The fraction of sp³-hybridized carbons (Fsp3) is 0.133. The number of nitrogens with one attached hydrogen (secondary N) is 2. The summed E-state index contributed by atoms with van der Waals surface area (Å²) in [6, 6.07) is 9.13. The van der Waals surface area contributed by atoms with Crippen LogP contribution in [0.4, 0.5) is 14.5 Å². The smallest absolute Gasteiger partial charge is 0.240 e. The second kappa shape index (κ2) is 7.82. The molecule has 2 aromatic rings. The fourth-order valence-corrected chi connectivity index (χ4v) is 3.09. The predicted octanol–water partition coefficient (Wildman–Crippen LogP) is 3.03. The number of hydrogen-bond acceptors (Lipinski definition) is 3. The SMILES string of the molecule is O=C(CCNS(=O)(=O)c1ccc(F)c(F)c1)Nc1ccc(Br)cc1. The van der Waals surface area contributed by atoms with E-state index in [-0.39, 0.29) is 18.9 Å². The van der Waals surface area contributed by atoms with Crippen LogP contribution in [0.5, 0.6) is 0 Å². The van der Waals surface area contributed by atoms with Gasteiger partial charge < -0.3 is 5.32 Å². The number of hydrogen-bond donors (Lipinski definition) is 2. The van der Waals surface area contributed by atoms with Crippen LogP contribution in [-0.2, 0) is 14.8 Å². The number of benzene rings is 2. The zero-order valence-electron chi connectivity index (χ0n) is 12.2. The number of anilines is 1. The number of sulfonamides is 1. The zero-order chi connectivity index (χ0) is 17.7. The molecule has 0 heterocycles. The first kappa shape index (κ1) is 18.5. The van der Waals surface area contributed by atoms with Gasteiger partial charge in [0.05, 0.1) is 4.90 Å². The highest BCUT2D eigenvalue weighted by molar-refractivity contribution is 9.10. The van der Waals surface area contributed by atoms with E-state index in [9.17, 15) is 22.0 Å². The molecule has 1 amide bonds. The van der Waals surface area contributed by atoms with Crippen molar-refractivity contribution < 1.29 is 22.0 Å². The Bertz CT molecular complexity index is 842. The van der Waals surface area contributed by atoms with E-state index < -0.39 is 26.6 Å². The lowest BCUT2D eigenvalue weighted by molar-refractivity contribution is -0.116. The van der Waals surface area contributed by atoms with Gasteiger partial charge in [-0.15, -0.1) is 0 Å². The molecular weight excluding hydrogens is 406 g/mol. The summed E-state index contributed by atoms with van der Waals surface area (Å²) < 4.78 is 52.8. The van der Waals surface area contributed by atoms with Crippen LogP contribution in [-0.4, -0.2) is 20.9 Å². The van der Waals surface area contributed by atoms with Gasteiger partial charge in [-0.3, -0.25) is 4.79 Å². The van der Waals surface area contributed by atoms with Crippen LogP contribution < -0.4 is 10.0 Å². The van der Waals surface area contributed by atoms with Crippen LogP contribution in [0.3, 0.4) is 0 Å². The first-order valence-electron chi connectivity index (χ1n) is 6.78. The molecule has 0 aliphatic rings. The maximum Gasteiger partial charge on any atom is 0.240 e. The van der Waals surface area contributed by atoms with Gasteiger partial charge in [-0.2, -0.15) is 0 Å². The normalized spacial score (nSPS) is 11.3. The molecule has 24 heavy (non-hydrogen) atoms. The van der Waals surface area contributed by atoms with Crippen LogP contribution in [0.1, 0.15) is 6.42 Å². The molecule has 0 spiro atoms. The van der Waals surface area contributed by atoms with Gasteiger partial charge in [-0.25, -0.2) is 21.9 Å². The summed E-state index contributed by atoms with van der Waals surface area (Å²) in [6.07, 6.45) is -0.112. The predicted molar refractivity (Wildman–Crippen MR) is 88.9 cm³/mol. The molecule has 0 radical (unpaired) electrons. The molecule has 0 fully saturated rings. The largest absolute Gasteiger partial charge is 0.326 e. The molecule has 0 unspecified atom stereocenters. The Morgan fingerprint density at radius 1 is 1.04 bits per heavy atom. The molecule has 9 heteroatoms. The van der Waals surface area contributed by atoms with Crippen molar-refractivity contribution in [3.8, 4) is 0 Å². The van der Waals surface area contributed by atoms with Crippen LogP contribution in [0.15, 0.2) is 51.8 Å². The van der Waals surface area contributed by atoms with Crippen molar-refractivity contribution in [1.82, 2.24) is 4.72 Å². The Kier molecular flexibility index (Phi) is 6.03. The maximum absolute atomic E-state index is 13.1. The third kappa shape index (κ3) is 5.08. The summed E-state index contributed by atoms with van der Waals surface area (Å²) >= 11 is 3.27. The van der Waals surface area contributed by atoms with E-state index in [0.717, 1.165) is 16.6 Å². The second-order valence-corrected chi connectivity index (χ2v) is 7.46. The van der Waals surface area contributed by atoms with Crippen molar-refractivity contribution >= 4 is 37.5 Å². The summed E-state index contributed by atoms with van der Waals surface area (Å²) in [6.45, 7) is -0.177. The molecule has 2 N–H and O–H groups in total. The lowest BCUT2D eigenvalue weighted by Gasteiger charge is -2.08. The van der Waals surface area contributed by atoms with Crippen molar-refractivity contribution in [1.29, 1.82) is 0 Å². The molecule has 0 aliphatic heterocycles. The molecule has 0 aliphatic carbocycles. The van der Waals surface area contributed by atoms with E-state index in [1.165, 1.54) is 0 Å². The Morgan fingerprint density at radius 2 is 1.71 bits per heavy atom. The first-order chi connectivity index (χ1) is 11.3. The average Bonchev–Trinajstić information content (AvgIpc) is 2.52. The van der Waals surface area contributed by atoms with Crippen LogP contribution in [0, 0.1) is 11.6 Å². The van der Waals surface area contributed by atoms with E-state index in [4.69, 9.17) is 0 Å². The highest BCUT2D eigenvalue weighted by Gasteiger charge is 2.16. The van der Waals surface area contributed by atoms with Crippen LogP contribution in [0.2, 0.25) is 0 Å². The minimum atomic E-state index is -4.02. The van der Waals surface area contributed by atoms with E-state index in [2.05, 4.69) is 26.0 Å². The van der Waals surface area contributed by atoms with Gasteiger partial charge in [0, 0.05) is 23.1 Å². The molecular formula is C15H13BrF2N2O3S. The first-order valence-corrected chi connectivity index (χ1v) is 9.06. The standard InChI is InChI=1S/C15H13BrF2N2O3S/c16-10-1-3-11(4-2-10)20-15(21)7-8-19-24(22,23)12-5-6-13(17)14(18)9-12/h1-6,9,19H,7-8H2,(H,20,21). The van der Waals surface area contributed by atoms with Crippen molar-refractivity contribution in [2.24, 2.45) is 0 Å². The molecule has 0 atom stereocenters. The average molecular weight is 419 g/mol. The lowest BCUT2D eigenvalue weighted by atomic mass is 10.3. The van der Waals surface area contributed by atoms with Crippen molar-refractivity contribution in [3.63, 3.8) is 0 Å². The number of rotatable bonds is 6. The maximum atomic E-state index is 13.1. The quantitative estimate of drug-likeness (QED) is 0.756. The molecule has 128 valence electrons. The number of halogens is 3. The third-order valence-electron chi connectivity index (χ3n) is 2.97. The molecule has 2 rings (SSSR count). The summed E-state index contributed by atoms with van der Waals surface area (Å²) in [4.78, 5) is 11.3. The van der Waals surface area contributed by atoms with Crippen molar-refractivity contribution in [2.45, 2.75) is 11.3 Å². The zero-order valence-corrected chi connectivity index (χ0v) is 14.6. The lowest BCUT2D eigenvalue weighted by Crippen LogP contribution is -2.28. The van der Waals surface area contributed by atoms with Gasteiger partial charge in [-0.1, -0.05) is 15.9 Å². The van der Waals surface area contributed by atoms with E-state index in [0.29, 0.717) is 11.8 Å². The van der Waals surface area contributed by atoms with Gasteiger partial charge in [0.1, 0.15) is 0 Å². The number of carbonyl (C=O) groups is 1. The Balaban J connectivity index is 1.89. The molecule has 5 nitrogen and oxygen atoms in total. The second-order valence-electron chi connectivity index (χ2n) is 4.78. The van der Waals surface area contributed by atoms with Gasteiger partial charge in [0.2, 0.25) is 15.9 Å². The highest BCUT2D eigenvalue weighted by atomic mass is 79.9. The number of amides is 1. The van der Waals surface area contributed by atoms with Crippen molar-refractivity contribution in [3.05, 3.63) is 58.6 Å². The van der Waals surface area contributed by atoms with E-state index in [1.54, 1.807) is 24.3 Å².